The Balaban J connectivity index is 1.52. The second-order valence-electron chi connectivity index (χ2n) is 8.43. The van der Waals surface area contributed by atoms with Gasteiger partial charge in [0.25, 0.3) is 0 Å². The SMILES string of the molecule is O=C(NCC1(O)CCCCC1)[C@@H]1CCC(=O)N(C2CCCCCC2)C1. The number of amides is 2. The van der Waals surface area contributed by atoms with E-state index in [0.29, 0.717) is 32.0 Å². The van der Waals surface area contributed by atoms with Gasteiger partial charge in [-0.3, -0.25) is 9.59 Å². The van der Waals surface area contributed by atoms with E-state index in [0.717, 1.165) is 38.5 Å². The minimum atomic E-state index is -0.723. The molecule has 1 atom stereocenters. The fraction of sp³-hybridized carbons (Fsp3) is 0.900. The molecule has 0 unspecified atom stereocenters. The highest BCUT2D eigenvalue weighted by molar-refractivity contribution is 5.84. The van der Waals surface area contributed by atoms with Crippen LogP contribution in [0.1, 0.15) is 83.5 Å². The summed E-state index contributed by atoms with van der Waals surface area (Å²) in [5.41, 5.74) is -0.723. The number of nitrogens with zero attached hydrogens (tertiary/aromatic N) is 1. The number of hydrogen-bond acceptors (Lipinski definition) is 3. The lowest BCUT2D eigenvalue weighted by atomic mass is 9.84. The molecule has 5 nitrogen and oxygen atoms in total. The van der Waals surface area contributed by atoms with Crippen LogP contribution in [0.3, 0.4) is 0 Å². The van der Waals surface area contributed by atoms with Gasteiger partial charge in [-0.15, -0.1) is 0 Å². The minimum Gasteiger partial charge on any atom is -0.388 e. The first kappa shape index (κ1) is 18.7. The molecule has 142 valence electrons. The van der Waals surface area contributed by atoms with Crippen LogP contribution in [-0.2, 0) is 9.59 Å². The zero-order valence-electron chi connectivity index (χ0n) is 15.5. The van der Waals surface area contributed by atoms with Crippen molar-refractivity contribution in [3.05, 3.63) is 0 Å². The van der Waals surface area contributed by atoms with Crippen LogP contribution in [0.4, 0.5) is 0 Å². The van der Waals surface area contributed by atoms with E-state index in [-0.39, 0.29) is 17.7 Å². The molecule has 25 heavy (non-hydrogen) atoms. The smallest absolute Gasteiger partial charge is 0.225 e. The molecule has 1 heterocycles. The van der Waals surface area contributed by atoms with Crippen LogP contribution in [0.15, 0.2) is 0 Å². The van der Waals surface area contributed by atoms with Gasteiger partial charge in [0.2, 0.25) is 11.8 Å². The first-order valence-corrected chi connectivity index (χ1v) is 10.4. The van der Waals surface area contributed by atoms with Gasteiger partial charge in [-0.05, 0) is 32.1 Å². The summed E-state index contributed by atoms with van der Waals surface area (Å²) in [7, 11) is 0. The molecule has 0 radical (unpaired) electrons. The summed E-state index contributed by atoms with van der Waals surface area (Å²) < 4.78 is 0. The van der Waals surface area contributed by atoms with Gasteiger partial charge >= 0.3 is 0 Å². The van der Waals surface area contributed by atoms with E-state index in [9.17, 15) is 14.7 Å². The molecule has 5 heteroatoms. The predicted octanol–water partition coefficient (Wildman–Crippen LogP) is 2.76. The molecule has 0 spiro atoms. The van der Waals surface area contributed by atoms with Crippen LogP contribution in [-0.4, -0.2) is 46.6 Å². The van der Waals surface area contributed by atoms with Crippen molar-refractivity contribution >= 4 is 11.8 Å². The number of carbonyl (C=O) groups is 2. The molecule has 1 aliphatic heterocycles. The predicted molar refractivity (Wildman–Crippen MR) is 97.0 cm³/mol. The number of piperidine rings is 1. The number of likely N-dealkylation sites (tertiary alicyclic amines) is 1. The molecule has 0 aromatic carbocycles. The Kier molecular flexibility index (Phi) is 6.37. The summed E-state index contributed by atoms with van der Waals surface area (Å²) in [5.74, 6) is 0.125. The van der Waals surface area contributed by atoms with Crippen molar-refractivity contribution in [2.45, 2.75) is 95.1 Å². The third kappa shape index (κ3) is 4.96. The Morgan fingerprint density at radius 2 is 1.68 bits per heavy atom. The molecule has 1 saturated heterocycles. The summed E-state index contributed by atoms with van der Waals surface area (Å²) in [4.78, 5) is 27.0. The van der Waals surface area contributed by atoms with Crippen molar-refractivity contribution < 1.29 is 14.7 Å². The second kappa shape index (κ2) is 8.52. The molecule has 3 aliphatic rings. The Hall–Kier alpha value is -1.10. The molecule has 3 rings (SSSR count). The van der Waals surface area contributed by atoms with E-state index in [1.165, 1.54) is 32.1 Å². The number of carbonyl (C=O) groups excluding carboxylic acids is 2. The van der Waals surface area contributed by atoms with Crippen molar-refractivity contribution in [1.82, 2.24) is 10.2 Å². The van der Waals surface area contributed by atoms with Gasteiger partial charge in [-0.1, -0.05) is 44.9 Å². The summed E-state index contributed by atoms with van der Waals surface area (Å²) in [6.45, 7) is 0.924. The maximum atomic E-state index is 12.6. The van der Waals surface area contributed by atoms with Crippen LogP contribution < -0.4 is 5.32 Å². The van der Waals surface area contributed by atoms with E-state index in [1.807, 2.05) is 4.90 Å². The molecule has 2 aliphatic carbocycles. The molecule has 0 aromatic rings. The average molecular weight is 351 g/mol. The first-order valence-electron chi connectivity index (χ1n) is 10.4. The lowest BCUT2D eigenvalue weighted by molar-refractivity contribution is -0.141. The summed E-state index contributed by atoms with van der Waals surface area (Å²) in [5, 5.41) is 13.6. The van der Waals surface area contributed by atoms with Crippen molar-refractivity contribution in [2.75, 3.05) is 13.1 Å². The summed E-state index contributed by atoms with van der Waals surface area (Å²) in [6.07, 6.45) is 13.0. The monoisotopic (exact) mass is 350 g/mol. The van der Waals surface area contributed by atoms with Gasteiger partial charge < -0.3 is 15.3 Å². The van der Waals surface area contributed by atoms with Crippen LogP contribution >= 0.6 is 0 Å². The molecule has 2 N–H and O–H groups in total. The van der Waals surface area contributed by atoms with Gasteiger partial charge in [0.15, 0.2) is 0 Å². The van der Waals surface area contributed by atoms with E-state index < -0.39 is 5.60 Å². The fourth-order valence-electron chi connectivity index (χ4n) is 4.79. The number of rotatable bonds is 4. The first-order chi connectivity index (χ1) is 12.1. The van der Waals surface area contributed by atoms with Crippen LogP contribution in [0.2, 0.25) is 0 Å². The molecule has 2 saturated carbocycles. The largest absolute Gasteiger partial charge is 0.388 e. The van der Waals surface area contributed by atoms with Crippen molar-refractivity contribution in [3.63, 3.8) is 0 Å². The Morgan fingerprint density at radius 3 is 2.36 bits per heavy atom. The van der Waals surface area contributed by atoms with Gasteiger partial charge in [-0.2, -0.15) is 0 Å². The molecular formula is C20H34N2O3. The van der Waals surface area contributed by atoms with E-state index in [4.69, 9.17) is 0 Å². The van der Waals surface area contributed by atoms with Crippen LogP contribution in [0.25, 0.3) is 0 Å². The Bertz CT molecular complexity index is 466. The Labute approximate surface area is 151 Å². The summed E-state index contributed by atoms with van der Waals surface area (Å²) >= 11 is 0. The fourth-order valence-corrected chi connectivity index (χ4v) is 4.79. The normalized spacial score (nSPS) is 28.4. The lowest BCUT2D eigenvalue weighted by Gasteiger charge is -2.38. The third-order valence-electron chi connectivity index (χ3n) is 6.46. The van der Waals surface area contributed by atoms with Crippen molar-refractivity contribution in [3.8, 4) is 0 Å². The molecule has 0 bridgehead atoms. The average Bonchev–Trinajstić information content (AvgIpc) is 2.90. The van der Waals surface area contributed by atoms with Gasteiger partial charge in [0.1, 0.15) is 0 Å². The second-order valence-corrected chi connectivity index (χ2v) is 8.43. The van der Waals surface area contributed by atoms with Gasteiger partial charge in [0.05, 0.1) is 11.5 Å². The quantitative estimate of drug-likeness (QED) is 0.766. The van der Waals surface area contributed by atoms with Crippen molar-refractivity contribution in [2.24, 2.45) is 5.92 Å². The molecule has 3 fully saturated rings. The summed E-state index contributed by atoms with van der Waals surface area (Å²) in [6, 6.07) is 0.327. The molecular weight excluding hydrogens is 316 g/mol. The van der Waals surface area contributed by atoms with E-state index in [2.05, 4.69) is 5.32 Å². The zero-order chi connectivity index (χ0) is 17.7. The van der Waals surface area contributed by atoms with E-state index >= 15 is 0 Å². The molecule has 2 amide bonds. The highest BCUT2D eigenvalue weighted by Crippen LogP contribution is 2.29. The topological polar surface area (TPSA) is 69.6 Å². The third-order valence-corrected chi connectivity index (χ3v) is 6.46. The Morgan fingerprint density at radius 1 is 1.04 bits per heavy atom. The number of aliphatic hydroxyl groups is 1. The van der Waals surface area contributed by atoms with Gasteiger partial charge in [0, 0.05) is 25.6 Å². The maximum absolute atomic E-state index is 12.6. The van der Waals surface area contributed by atoms with E-state index in [1.54, 1.807) is 0 Å². The van der Waals surface area contributed by atoms with Gasteiger partial charge in [-0.25, -0.2) is 0 Å². The van der Waals surface area contributed by atoms with Crippen molar-refractivity contribution in [1.29, 1.82) is 0 Å². The van der Waals surface area contributed by atoms with Crippen LogP contribution in [0.5, 0.6) is 0 Å². The zero-order valence-corrected chi connectivity index (χ0v) is 15.5. The van der Waals surface area contributed by atoms with Crippen LogP contribution in [0, 0.1) is 5.92 Å². The lowest BCUT2D eigenvalue weighted by Crippen LogP contribution is -2.52. The maximum Gasteiger partial charge on any atom is 0.225 e. The highest BCUT2D eigenvalue weighted by atomic mass is 16.3. The highest BCUT2D eigenvalue weighted by Gasteiger charge is 2.35. The standard InChI is InChI=1S/C20H34N2O3/c23-18-11-10-16(14-22(18)17-8-4-1-2-5-9-17)19(24)21-15-20(25)12-6-3-7-13-20/h16-17,25H,1-15H2,(H,21,24)/t16-/m1/s1. The minimum absolute atomic E-state index is 0.0186. The number of hydrogen-bond donors (Lipinski definition) is 2. The number of nitrogens with one attached hydrogen (secondary N) is 1. The molecule has 0 aromatic heterocycles.